The molecule has 0 saturated carbocycles. The van der Waals surface area contributed by atoms with Gasteiger partial charge in [0.25, 0.3) is 5.56 Å². The number of para-hydroxylation sites is 2. The Morgan fingerprint density at radius 3 is 2.77 bits per heavy atom. The third-order valence-corrected chi connectivity index (χ3v) is 6.60. The Kier molecular flexibility index (Phi) is 4.70. The summed E-state index contributed by atoms with van der Waals surface area (Å²) in [6.07, 6.45) is 2.86. The first-order chi connectivity index (χ1) is 14.5. The van der Waals surface area contributed by atoms with Gasteiger partial charge in [-0.1, -0.05) is 18.2 Å². The molecule has 1 fully saturated rings. The number of hydrogen-bond donors (Lipinski definition) is 0. The summed E-state index contributed by atoms with van der Waals surface area (Å²) in [7, 11) is 3.54. The highest BCUT2D eigenvalue weighted by molar-refractivity contribution is 5.80. The van der Waals surface area contributed by atoms with Crippen LogP contribution in [0, 0.1) is 5.92 Å². The number of imidazole rings is 1. The van der Waals surface area contributed by atoms with Gasteiger partial charge in [0.05, 0.1) is 17.4 Å². The number of carbonyl (C=O) groups excluding carboxylic acids is 1. The molecule has 5 rings (SSSR count). The summed E-state index contributed by atoms with van der Waals surface area (Å²) in [6.45, 7) is 3.49. The summed E-state index contributed by atoms with van der Waals surface area (Å²) in [4.78, 5) is 34.3. The van der Waals surface area contributed by atoms with Crippen LogP contribution in [0.1, 0.15) is 24.1 Å². The molecule has 1 aromatic carbocycles. The molecule has 7 heteroatoms. The third kappa shape index (κ3) is 3.13. The van der Waals surface area contributed by atoms with Crippen molar-refractivity contribution < 1.29 is 4.79 Å². The number of fused-ring (bicyclic) bond motifs is 5. The number of piperidine rings is 1. The summed E-state index contributed by atoms with van der Waals surface area (Å²) < 4.78 is 3.96. The number of aromatic nitrogens is 3. The fourth-order valence-corrected chi connectivity index (χ4v) is 5.23. The van der Waals surface area contributed by atoms with Crippen molar-refractivity contribution in [2.75, 3.05) is 33.7 Å². The van der Waals surface area contributed by atoms with E-state index < -0.39 is 6.04 Å². The number of benzene rings is 1. The van der Waals surface area contributed by atoms with Crippen LogP contribution in [0.25, 0.3) is 11.0 Å². The van der Waals surface area contributed by atoms with E-state index in [1.807, 2.05) is 36.7 Å². The van der Waals surface area contributed by atoms with Crippen LogP contribution in [0.4, 0.5) is 0 Å². The summed E-state index contributed by atoms with van der Waals surface area (Å²) in [5, 5.41) is 0. The Morgan fingerprint density at radius 2 is 1.93 bits per heavy atom. The van der Waals surface area contributed by atoms with Gasteiger partial charge in [0.1, 0.15) is 6.04 Å². The molecule has 0 unspecified atom stereocenters. The van der Waals surface area contributed by atoms with Gasteiger partial charge in [-0.2, -0.15) is 0 Å². The van der Waals surface area contributed by atoms with Crippen molar-refractivity contribution in [3.8, 4) is 0 Å². The molecule has 2 aliphatic rings. The van der Waals surface area contributed by atoms with E-state index in [9.17, 15) is 9.59 Å². The highest BCUT2D eigenvalue weighted by Gasteiger charge is 2.43. The maximum absolute atomic E-state index is 13.0. The minimum absolute atomic E-state index is 0.00968. The predicted molar refractivity (Wildman–Crippen MR) is 115 cm³/mol. The van der Waals surface area contributed by atoms with Crippen molar-refractivity contribution in [3.63, 3.8) is 0 Å². The molecule has 2 aliphatic heterocycles. The molecule has 3 aromatic rings. The smallest absolute Gasteiger partial charge is 0.251 e. The topological polar surface area (TPSA) is 63.4 Å². The van der Waals surface area contributed by atoms with Crippen LogP contribution in [-0.2, 0) is 11.3 Å². The van der Waals surface area contributed by atoms with E-state index in [1.54, 1.807) is 29.6 Å². The van der Waals surface area contributed by atoms with E-state index in [1.165, 1.54) is 0 Å². The minimum atomic E-state index is -0.420. The number of likely N-dealkylation sites (tertiary alicyclic amines) is 1. The molecule has 2 bridgehead atoms. The third-order valence-electron chi connectivity index (χ3n) is 6.60. The van der Waals surface area contributed by atoms with Gasteiger partial charge < -0.3 is 14.4 Å². The monoisotopic (exact) mass is 405 g/mol. The zero-order chi connectivity index (χ0) is 20.8. The van der Waals surface area contributed by atoms with Crippen molar-refractivity contribution in [1.82, 2.24) is 23.9 Å². The first-order valence-corrected chi connectivity index (χ1v) is 10.6. The fourth-order valence-electron chi connectivity index (χ4n) is 5.23. The second-order valence-corrected chi connectivity index (χ2v) is 8.72. The van der Waals surface area contributed by atoms with E-state index >= 15 is 0 Å². The van der Waals surface area contributed by atoms with Gasteiger partial charge in [-0.25, -0.2) is 4.98 Å². The van der Waals surface area contributed by atoms with Crippen molar-refractivity contribution in [1.29, 1.82) is 0 Å². The highest BCUT2D eigenvalue weighted by Crippen LogP contribution is 2.41. The normalized spacial score (nSPS) is 23.3. The van der Waals surface area contributed by atoms with Crippen molar-refractivity contribution in [3.05, 3.63) is 64.8 Å². The molecule has 0 N–H and O–H groups in total. The molecule has 0 aliphatic carbocycles. The second-order valence-electron chi connectivity index (χ2n) is 8.72. The lowest BCUT2D eigenvalue weighted by atomic mass is 9.78. The molecular weight excluding hydrogens is 378 g/mol. The first-order valence-electron chi connectivity index (χ1n) is 10.6. The van der Waals surface area contributed by atoms with Crippen LogP contribution < -0.4 is 5.56 Å². The van der Waals surface area contributed by atoms with Gasteiger partial charge in [-0.15, -0.1) is 0 Å². The first kappa shape index (κ1) is 19.1. The second kappa shape index (κ2) is 7.40. The van der Waals surface area contributed by atoms with Crippen LogP contribution in [0.5, 0.6) is 0 Å². The number of carbonyl (C=O) groups is 1. The van der Waals surface area contributed by atoms with Crippen LogP contribution in [0.15, 0.2) is 53.6 Å². The lowest BCUT2D eigenvalue weighted by molar-refractivity contribution is -0.135. The lowest BCUT2D eigenvalue weighted by Crippen LogP contribution is -2.53. The molecular formula is C23H27N5O2. The van der Waals surface area contributed by atoms with Crippen LogP contribution in [0.2, 0.25) is 0 Å². The van der Waals surface area contributed by atoms with Gasteiger partial charge in [0.15, 0.2) is 0 Å². The SMILES string of the molecule is CN(C)C(=O)[C@H]1[C@H]2C[C@H](CN(CCn3cnc4ccccc43)C2)c2cccc(=O)n21. The lowest BCUT2D eigenvalue weighted by Gasteiger charge is -2.46. The van der Waals surface area contributed by atoms with Gasteiger partial charge in [-0.3, -0.25) is 14.2 Å². The molecule has 1 saturated heterocycles. The van der Waals surface area contributed by atoms with E-state index in [4.69, 9.17) is 0 Å². The van der Waals surface area contributed by atoms with E-state index in [-0.39, 0.29) is 23.3 Å². The summed E-state index contributed by atoms with van der Waals surface area (Å²) in [5.74, 6) is 0.435. The molecule has 30 heavy (non-hydrogen) atoms. The molecule has 156 valence electrons. The van der Waals surface area contributed by atoms with Crippen molar-refractivity contribution in [2.24, 2.45) is 5.92 Å². The van der Waals surface area contributed by atoms with Gasteiger partial charge in [-0.05, 0) is 24.6 Å². The Labute approximate surface area is 175 Å². The van der Waals surface area contributed by atoms with E-state index in [0.29, 0.717) is 0 Å². The van der Waals surface area contributed by atoms with E-state index in [2.05, 4.69) is 20.5 Å². The maximum Gasteiger partial charge on any atom is 0.251 e. The number of likely N-dealkylation sites (N-methyl/N-ethyl adjacent to an activating group) is 1. The van der Waals surface area contributed by atoms with Gasteiger partial charge >= 0.3 is 0 Å². The van der Waals surface area contributed by atoms with E-state index in [0.717, 1.165) is 49.3 Å². The van der Waals surface area contributed by atoms with Crippen molar-refractivity contribution in [2.45, 2.75) is 24.9 Å². The molecule has 2 aromatic heterocycles. The molecule has 7 nitrogen and oxygen atoms in total. The summed E-state index contributed by atoms with van der Waals surface area (Å²) >= 11 is 0. The largest absolute Gasteiger partial charge is 0.347 e. The van der Waals surface area contributed by atoms with Gasteiger partial charge in [0.2, 0.25) is 5.91 Å². The number of hydrogen-bond acceptors (Lipinski definition) is 4. The van der Waals surface area contributed by atoms with Crippen LogP contribution >= 0.6 is 0 Å². The average Bonchev–Trinajstić information content (AvgIpc) is 3.16. The Hall–Kier alpha value is -2.93. The van der Waals surface area contributed by atoms with Gasteiger partial charge in [0, 0.05) is 63.9 Å². The number of pyridine rings is 1. The molecule has 0 spiro atoms. The number of rotatable bonds is 4. The zero-order valence-electron chi connectivity index (χ0n) is 17.4. The molecule has 4 heterocycles. The Morgan fingerprint density at radius 1 is 1.10 bits per heavy atom. The van der Waals surface area contributed by atoms with Crippen LogP contribution in [-0.4, -0.2) is 63.6 Å². The molecule has 0 radical (unpaired) electrons. The predicted octanol–water partition coefficient (Wildman–Crippen LogP) is 1.95. The number of amides is 1. The van der Waals surface area contributed by atoms with Crippen LogP contribution in [0.3, 0.4) is 0 Å². The maximum atomic E-state index is 13.0. The van der Waals surface area contributed by atoms with Crippen molar-refractivity contribution >= 4 is 16.9 Å². The molecule has 3 atom stereocenters. The zero-order valence-corrected chi connectivity index (χ0v) is 17.4. The Bertz CT molecular complexity index is 1150. The highest BCUT2D eigenvalue weighted by atomic mass is 16.2. The fraction of sp³-hybridized carbons (Fsp3) is 0.435. The quantitative estimate of drug-likeness (QED) is 0.666. The molecule has 1 amide bonds. The standard InChI is InChI=1S/C23H27N5O2/c1-25(2)23(30)22-17-12-16(19-8-5-9-21(29)28(19)22)13-26(14-17)10-11-27-15-24-18-6-3-4-7-20(18)27/h3-9,15-17,22H,10-14H2,1-2H3/t16-,17+,22-/m1/s1. The summed E-state index contributed by atoms with van der Waals surface area (Å²) in [5.41, 5.74) is 3.09. The minimum Gasteiger partial charge on any atom is -0.347 e. The Balaban J connectivity index is 1.41. The summed E-state index contributed by atoms with van der Waals surface area (Å²) in [6, 6.07) is 13.2. The number of nitrogens with zero attached hydrogens (tertiary/aromatic N) is 5. The average molecular weight is 406 g/mol.